The van der Waals surface area contributed by atoms with E-state index in [2.05, 4.69) is 11.4 Å². The Labute approximate surface area is 167 Å². The van der Waals surface area contributed by atoms with E-state index in [0.29, 0.717) is 23.7 Å². The number of sulfonamides is 1. The van der Waals surface area contributed by atoms with Gasteiger partial charge in [0.15, 0.2) is 11.5 Å². The number of benzene rings is 1. The standard InChI is InChI=1S/C20H30N2O5S/c1-15(20(23)21-13-12-16-8-6-5-7-9-16)22(28(4,24)25)17-10-11-18(26-2)19(14-17)27-3/h8,10-11,14-15H,5-7,9,12-13H2,1-4H3,(H,21,23)/t15-/m1/s1. The molecule has 1 amide bonds. The summed E-state index contributed by atoms with van der Waals surface area (Å²) in [6.07, 6.45) is 8.71. The molecule has 8 heteroatoms. The highest BCUT2D eigenvalue weighted by Crippen LogP contribution is 2.33. The normalized spacial score (nSPS) is 15.4. The zero-order valence-electron chi connectivity index (χ0n) is 17.0. The first kappa shape index (κ1) is 22.1. The van der Waals surface area contributed by atoms with Crippen LogP contribution in [0.3, 0.4) is 0 Å². The van der Waals surface area contributed by atoms with Gasteiger partial charge in [0.05, 0.1) is 26.2 Å². The largest absolute Gasteiger partial charge is 0.493 e. The molecule has 1 N–H and O–H groups in total. The number of allylic oxidation sites excluding steroid dienone is 1. The lowest BCUT2D eigenvalue weighted by Gasteiger charge is -2.28. The Kier molecular flexibility index (Phi) is 7.74. The molecule has 0 aromatic heterocycles. The number of carbonyl (C=O) groups excluding carboxylic acids is 1. The number of rotatable bonds is 9. The summed E-state index contributed by atoms with van der Waals surface area (Å²) in [6.45, 7) is 2.07. The predicted molar refractivity (Wildman–Crippen MR) is 111 cm³/mol. The lowest BCUT2D eigenvalue weighted by molar-refractivity contribution is -0.121. The molecular formula is C20H30N2O5S. The van der Waals surface area contributed by atoms with Crippen LogP contribution in [0.15, 0.2) is 29.8 Å². The second-order valence-corrected chi connectivity index (χ2v) is 8.78. The molecule has 28 heavy (non-hydrogen) atoms. The number of anilines is 1. The van der Waals surface area contributed by atoms with Crippen molar-refractivity contribution in [2.24, 2.45) is 0 Å². The number of hydrogen-bond donors (Lipinski definition) is 1. The molecule has 2 rings (SSSR count). The van der Waals surface area contributed by atoms with Crippen LogP contribution in [-0.4, -0.2) is 47.4 Å². The summed E-state index contributed by atoms with van der Waals surface area (Å²) < 4.78 is 36.4. The quantitative estimate of drug-likeness (QED) is 0.633. The molecule has 7 nitrogen and oxygen atoms in total. The number of amides is 1. The summed E-state index contributed by atoms with van der Waals surface area (Å²) in [6, 6.07) is 3.87. The third-order valence-electron chi connectivity index (χ3n) is 4.84. The Morgan fingerprint density at radius 2 is 1.93 bits per heavy atom. The molecule has 1 aliphatic rings. The van der Waals surface area contributed by atoms with Crippen LogP contribution in [0.2, 0.25) is 0 Å². The molecule has 0 heterocycles. The molecule has 0 aliphatic heterocycles. The summed E-state index contributed by atoms with van der Waals surface area (Å²) in [4.78, 5) is 12.6. The molecule has 0 spiro atoms. The van der Waals surface area contributed by atoms with E-state index < -0.39 is 16.1 Å². The van der Waals surface area contributed by atoms with Gasteiger partial charge in [0.25, 0.3) is 0 Å². The molecular weight excluding hydrogens is 380 g/mol. The van der Waals surface area contributed by atoms with E-state index in [9.17, 15) is 13.2 Å². The molecule has 0 fully saturated rings. The van der Waals surface area contributed by atoms with Crippen molar-refractivity contribution < 1.29 is 22.7 Å². The van der Waals surface area contributed by atoms with Crippen molar-refractivity contribution in [1.29, 1.82) is 0 Å². The fourth-order valence-corrected chi connectivity index (χ4v) is 4.56. The molecule has 1 aromatic rings. The van der Waals surface area contributed by atoms with Gasteiger partial charge < -0.3 is 14.8 Å². The van der Waals surface area contributed by atoms with Gasteiger partial charge in [-0.15, -0.1) is 0 Å². The van der Waals surface area contributed by atoms with E-state index in [1.165, 1.54) is 32.6 Å². The number of nitrogens with one attached hydrogen (secondary N) is 1. The highest BCUT2D eigenvalue weighted by atomic mass is 32.2. The van der Waals surface area contributed by atoms with Gasteiger partial charge in [0.2, 0.25) is 15.9 Å². The highest BCUT2D eigenvalue weighted by Gasteiger charge is 2.29. The van der Waals surface area contributed by atoms with Crippen molar-refractivity contribution in [3.63, 3.8) is 0 Å². The summed E-state index contributed by atoms with van der Waals surface area (Å²) in [5, 5.41) is 2.86. The molecule has 0 saturated carbocycles. The Bertz CT molecular complexity index is 820. The van der Waals surface area contributed by atoms with Crippen LogP contribution in [0.5, 0.6) is 11.5 Å². The topological polar surface area (TPSA) is 84.9 Å². The fraction of sp³-hybridized carbons (Fsp3) is 0.550. The van der Waals surface area contributed by atoms with E-state index in [1.54, 1.807) is 25.1 Å². The zero-order chi connectivity index (χ0) is 20.7. The van der Waals surface area contributed by atoms with Crippen molar-refractivity contribution in [2.75, 3.05) is 31.3 Å². The van der Waals surface area contributed by atoms with Crippen LogP contribution in [-0.2, 0) is 14.8 Å². The van der Waals surface area contributed by atoms with Gasteiger partial charge in [-0.25, -0.2) is 8.42 Å². The number of methoxy groups -OCH3 is 2. The van der Waals surface area contributed by atoms with Crippen LogP contribution in [0.4, 0.5) is 5.69 Å². The number of carbonyl (C=O) groups is 1. The van der Waals surface area contributed by atoms with Crippen LogP contribution in [0, 0.1) is 0 Å². The second-order valence-electron chi connectivity index (χ2n) is 6.92. The van der Waals surface area contributed by atoms with Crippen LogP contribution in [0.25, 0.3) is 0 Å². The van der Waals surface area contributed by atoms with E-state index in [0.717, 1.165) is 29.8 Å². The van der Waals surface area contributed by atoms with Gasteiger partial charge in [-0.3, -0.25) is 9.10 Å². The monoisotopic (exact) mass is 410 g/mol. The van der Waals surface area contributed by atoms with Crippen molar-refractivity contribution in [3.05, 3.63) is 29.8 Å². The minimum Gasteiger partial charge on any atom is -0.493 e. The van der Waals surface area contributed by atoms with Crippen molar-refractivity contribution in [3.8, 4) is 11.5 Å². The first-order valence-electron chi connectivity index (χ1n) is 9.45. The molecule has 0 unspecified atom stereocenters. The Hall–Kier alpha value is -2.22. The van der Waals surface area contributed by atoms with Gasteiger partial charge in [0.1, 0.15) is 6.04 Å². The molecule has 1 aliphatic carbocycles. The molecule has 0 radical (unpaired) electrons. The molecule has 1 aromatic carbocycles. The molecule has 156 valence electrons. The highest BCUT2D eigenvalue weighted by molar-refractivity contribution is 7.92. The predicted octanol–water partition coefficient (Wildman–Crippen LogP) is 2.87. The summed E-state index contributed by atoms with van der Waals surface area (Å²) >= 11 is 0. The lowest BCUT2D eigenvalue weighted by Crippen LogP contribution is -2.48. The van der Waals surface area contributed by atoms with E-state index >= 15 is 0 Å². The van der Waals surface area contributed by atoms with Crippen LogP contribution >= 0.6 is 0 Å². The summed E-state index contributed by atoms with van der Waals surface area (Å²) in [7, 11) is -0.709. The van der Waals surface area contributed by atoms with Crippen molar-refractivity contribution >= 4 is 21.6 Å². The summed E-state index contributed by atoms with van der Waals surface area (Å²) in [5.74, 6) is 0.541. The third kappa shape index (κ3) is 5.64. The van der Waals surface area contributed by atoms with E-state index in [-0.39, 0.29) is 5.91 Å². The minimum atomic E-state index is -3.69. The second kappa shape index (κ2) is 9.82. The van der Waals surface area contributed by atoms with Crippen molar-refractivity contribution in [2.45, 2.75) is 45.1 Å². The average molecular weight is 411 g/mol. The van der Waals surface area contributed by atoms with Gasteiger partial charge in [0, 0.05) is 12.6 Å². The van der Waals surface area contributed by atoms with Crippen molar-refractivity contribution in [1.82, 2.24) is 5.32 Å². The maximum absolute atomic E-state index is 12.6. The third-order valence-corrected chi connectivity index (χ3v) is 6.08. The Balaban J connectivity index is 2.13. The molecule has 0 bridgehead atoms. The maximum atomic E-state index is 12.6. The number of hydrogen-bond acceptors (Lipinski definition) is 5. The molecule has 1 atom stereocenters. The van der Waals surface area contributed by atoms with Crippen LogP contribution in [0.1, 0.15) is 39.0 Å². The Morgan fingerprint density at radius 1 is 1.21 bits per heavy atom. The van der Waals surface area contributed by atoms with Gasteiger partial charge >= 0.3 is 0 Å². The zero-order valence-corrected chi connectivity index (χ0v) is 17.8. The first-order valence-corrected chi connectivity index (χ1v) is 11.3. The number of ether oxygens (including phenoxy) is 2. The van der Waals surface area contributed by atoms with Crippen LogP contribution < -0.4 is 19.1 Å². The van der Waals surface area contributed by atoms with Gasteiger partial charge in [-0.2, -0.15) is 0 Å². The molecule has 0 saturated heterocycles. The smallest absolute Gasteiger partial charge is 0.243 e. The minimum absolute atomic E-state index is 0.336. The fourth-order valence-electron chi connectivity index (χ4n) is 3.40. The van der Waals surface area contributed by atoms with Gasteiger partial charge in [-0.1, -0.05) is 11.6 Å². The first-order chi connectivity index (χ1) is 13.3. The SMILES string of the molecule is COc1ccc(N([C@H](C)C(=O)NCCC2=CCCCC2)S(C)(=O)=O)cc1OC. The average Bonchev–Trinajstić information content (AvgIpc) is 2.67. The Morgan fingerprint density at radius 3 is 2.50 bits per heavy atom. The lowest BCUT2D eigenvalue weighted by atomic mass is 9.97. The van der Waals surface area contributed by atoms with Gasteiger partial charge in [-0.05, 0) is 51.2 Å². The van der Waals surface area contributed by atoms with E-state index in [4.69, 9.17) is 9.47 Å². The van der Waals surface area contributed by atoms with E-state index in [1.807, 2.05) is 0 Å². The maximum Gasteiger partial charge on any atom is 0.243 e. The number of nitrogens with zero attached hydrogens (tertiary/aromatic N) is 1. The summed E-state index contributed by atoms with van der Waals surface area (Å²) in [5.41, 5.74) is 1.71.